The maximum atomic E-state index is 2.53. The second-order valence-corrected chi connectivity index (χ2v) is 17.1. The predicted molar refractivity (Wildman–Crippen MR) is 219 cm³/mol. The van der Waals surface area contributed by atoms with Crippen LogP contribution in [-0.4, -0.2) is 17.2 Å². The van der Waals surface area contributed by atoms with Crippen LogP contribution in [0.1, 0.15) is 0 Å². The van der Waals surface area contributed by atoms with Crippen molar-refractivity contribution in [2.45, 2.75) is 0 Å². The first-order chi connectivity index (χ1) is 25.3. The van der Waals surface area contributed by atoms with Gasteiger partial charge in [-0.2, -0.15) is 0 Å². The maximum Gasteiger partial charge on any atom is 0.179 e. The third-order valence-corrected chi connectivity index (χ3v) is 15.4. The molecule has 0 bridgehead atoms. The first-order valence-corrected chi connectivity index (χ1v) is 19.6. The zero-order valence-corrected chi connectivity index (χ0v) is 29.0. The zero-order chi connectivity index (χ0) is 33.8. The van der Waals surface area contributed by atoms with Crippen LogP contribution in [0.5, 0.6) is 0 Å². The van der Waals surface area contributed by atoms with E-state index in [2.05, 4.69) is 215 Å². The summed E-state index contributed by atoms with van der Waals surface area (Å²) in [5.41, 5.74) is 7.19. The number of aromatic nitrogens is 2. The van der Waals surface area contributed by atoms with Crippen LogP contribution in [0.2, 0.25) is 0 Å². The molecule has 0 atom stereocenters. The number of hydrogen-bond acceptors (Lipinski definition) is 0. The lowest BCUT2D eigenvalue weighted by Gasteiger charge is -2.34. The molecule has 0 unspecified atom stereocenters. The van der Waals surface area contributed by atoms with Gasteiger partial charge in [0.1, 0.15) is 0 Å². The van der Waals surface area contributed by atoms with Gasteiger partial charge in [-0.3, -0.25) is 0 Å². The largest absolute Gasteiger partial charge is 0.309 e. The summed E-state index contributed by atoms with van der Waals surface area (Å²) in [4.78, 5) is 0. The first kappa shape index (κ1) is 29.5. The number of rotatable bonds is 6. The van der Waals surface area contributed by atoms with Gasteiger partial charge in [0, 0.05) is 32.9 Å². The molecule has 0 saturated carbocycles. The summed E-state index contributed by atoms with van der Waals surface area (Å²) in [6.07, 6.45) is 0. The van der Waals surface area contributed by atoms with Crippen LogP contribution in [0.3, 0.4) is 0 Å². The van der Waals surface area contributed by atoms with Crippen molar-refractivity contribution in [3.8, 4) is 11.4 Å². The van der Waals surface area contributed by atoms with Crippen LogP contribution in [0, 0.1) is 0 Å². The third kappa shape index (κ3) is 4.42. The van der Waals surface area contributed by atoms with Gasteiger partial charge in [-0.25, -0.2) is 0 Å². The Morgan fingerprint density at radius 3 is 1.31 bits per heavy atom. The molecule has 0 aliphatic carbocycles. The summed E-state index contributed by atoms with van der Waals surface area (Å²) in [5, 5.41) is 10.6. The molecule has 10 aromatic rings. The SMILES string of the molecule is c1ccc(-n2c3ccccc3c3c2ccc2c4cc([Si](c5ccccc5)(c5ccccc5)c5ccccc5)ccc4n(-c4ccccc4)c23)cc1. The van der Waals surface area contributed by atoms with Crippen LogP contribution in [0.25, 0.3) is 55.0 Å². The third-order valence-electron chi connectivity index (χ3n) is 10.6. The minimum absolute atomic E-state index is 1.16. The summed E-state index contributed by atoms with van der Waals surface area (Å²) in [6.45, 7) is 0. The van der Waals surface area contributed by atoms with Crippen molar-refractivity contribution in [2.24, 2.45) is 0 Å². The molecule has 0 amide bonds. The fourth-order valence-corrected chi connectivity index (χ4v) is 13.3. The summed E-state index contributed by atoms with van der Waals surface area (Å²) in [7, 11) is -2.73. The Morgan fingerprint density at radius 1 is 0.294 bits per heavy atom. The van der Waals surface area contributed by atoms with E-state index in [0.717, 1.165) is 11.4 Å². The highest BCUT2D eigenvalue weighted by Crippen LogP contribution is 2.41. The van der Waals surface area contributed by atoms with Gasteiger partial charge < -0.3 is 9.13 Å². The molecule has 2 nitrogen and oxygen atoms in total. The zero-order valence-electron chi connectivity index (χ0n) is 28.0. The Hall–Kier alpha value is -6.42. The molecule has 8 aromatic carbocycles. The normalized spacial score (nSPS) is 11.9. The smallest absolute Gasteiger partial charge is 0.179 e. The van der Waals surface area contributed by atoms with E-state index in [0.29, 0.717) is 0 Å². The molecular formula is C48H34N2Si. The number of benzene rings is 8. The average Bonchev–Trinajstić information content (AvgIpc) is 3.73. The van der Waals surface area contributed by atoms with E-state index in [1.165, 1.54) is 64.4 Å². The lowest BCUT2D eigenvalue weighted by atomic mass is 10.1. The topological polar surface area (TPSA) is 9.86 Å². The van der Waals surface area contributed by atoms with Crippen LogP contribution < -0.4 is 20.7 Å². The molecule has 3 heteroatoms. The van der Waals surface area contributed by atoms with Crippen molar-refractivity contribution in [1.82, 2.24) is 9.13 Å². The number of para-hydroxylation sites is 3. The molecule has 0 aliphatic rings. The highest BCUT2D eigenvalue weighted by molar-refractivity contribution is 7.20. The molecule has 0 radical (unpaired) electrons. The van der Waals surface area contributed by atoms with Gasteiger partial charge in [0.2, 0.25) is 0 Å². The Labute approximate surface area is 298 Å². The second kappa shape index (κ2) is 11.9. The highest BCUT2D eigenvalue weighted by atomic mass is 28.3. The van der Waals surface area contributed by atoms with Gasteiger partial charge in [-0.15, -0.1) is 0 Å². The van der Waals surface area contributed by atoms with Crippen LogP contribution in [-0.2, 0) is 0 Å². The molecule has 0 spiro atoms. The second-order valence-electron chi connectivity index (χ2n) is 13.3. The van der Waals surface area contributed by atoms with E-state index in [4.69, 9.17) is 0 Å². The predicted octanol–water partition coefficient (Wildman–Crippen LogP) is 9.26. The molecule has 0 fully saturated rings. The fraction of sp³-hybridized carbons (Fsp3) is 0. The summed E-state index contributed by atoms with van der Waals surface area (Å²) in [6, 6.07) is 76.1. The van der Waals surface area contributed by atoms with Crippen LogP contribution >= 0.6 is 0 Å². The van der Waals surface area contributed by atoms with Gasteiger partial charge in [-0.1, -0.05) is 164 Å². The Bertz CT molecular complexity index is 2730. The van der Waals surface area contributed by atoms with Crippen molar-refractivity contribution in [3.63, 3.8) is 0 Å². The first-order valence-electron chi connectivity index (χ1n) is 17.6. The quantitative estimate of drug-likeness (QED) is 0.124. The lowest BCUT2D eigenvalue weighted by molar-refractivity contribution is 1.17. The van der Waals surface area contributed by atoms with Crippen LogP contribution in [0.4, 0.5) is 0 Å². The Morgan fingerprint density at radius 2 is 0.745 bits per heavy atom. The van der Waals surface area contributed by atoms with Gasteiger partial charge in [-0.05, 0) is 63.2 Å². The molecule has 0 aliphatic heterocycles. The molecular weight excluding hydrogens is 633 g/mol. The van der Waals surface area contributed by atoms with E-state index in [-0.39, 0.29) is 0 Å². The molecule has 10 rings (SSSR count). The summed E-state index contributed by atoms with van der Waals surface area (Å²) >= 11 is 0. The van der Waals surface area contributed by atoms with E-state index in [9.17, 15) is 0 Å². The maximum absolute atomic E-state index is 2.73. The molecule has 240 valence electrons. The minimum Gasteiger partial charge on any atom is -0.309 e. The van der Waals surface area contributed by atoms with Crippen molar-refractivity contribution in [2.75, 3.05) is 0 Å². The summed E-state index contributed by atoms with van der Waals surface area (Å²) in [5.74, 6) is 0. The molecule has 2 aromatic heterocycles. The van der Waals surface area contributed by atoms with E-state index in [1.807, 2.05) is 0 Å². The number of nitrogens with zero attached hydrogens (tertiary/aromatic N) is 2. The average molecular weight is 667 g/mol. The van der Waals surface area contributed by atoms with Gasteiger partial charge >= 0.3 is 0 Å². The van der Waals surface area contributed by atoms with Crippen molar-refractivity contribution in [1.29, 1.82) is 0 Å². The molecule has 51 heavy (non-hydrogen) atoms. The van der Waals surface area contributed by atoms with Gasteiger partial charge in [0.15, 0.2) is 8.07 Å². The minimum atomic E-state index is -2.73. The van der Waals surface area contributed by atoms with Crippen molar-refractivity contribution < 1.29 is 0 Å². The number of hydrogen-bond donors (Lipinski definition) is 0. The van der Waals surface area contributed by atoms with Gasteiger partial charge in [0.05, 0.1) is 22.1 Å². The standard InChI is InChI=1S/C48H34N2Si/c1-6-18-35(19-7-1)49-44-29-17-16-28-42(44)47-46(49)33-31-41-43-34-40(30-32-45(43)50(48(41)47)36-20-8-2-9-21-36)51(37-22-10-3-11-23-37,38-24-12-4-13-25-38)39-26-14-5-15-27-39/h1-34H. The van der Waals surface area contributed by atoms with Crippen LogP contribution in [0.15, 0.2) is 206 Å². The molecule has 0 saturated heterocycles. The molecule has 0 N–H and O–H groups in total. The number of fused-ring (bicyclic) bond motifs is 7. The van der Waals surface area contributed by atoms with Gasteiger partial charge in [0.25, 0.3) is 0 Å². The van der Waals surface area contributed by atoms with Crippen molar-refractivity contribution >= 4 is 72.4 Å². The Kier molecular flexibility index (Phi) is 6.86. The Balaban J connectivity index is 1.37. The fourth-order valence-electron chi connectivity index (χ4n) is 8.56. The lowest BCUT2D eigenvalue weighted by Crippen LogP contribution is -2.74. The van der Waals surface area contributed by atoms with E-state index >= 15 is 0 Å². The van der Waals surface area contributed by atoms with E-state index in [1.54, 1.807) is 0 Å². The summed E-state index contributed by atoms with van der Waals surface area (Å²) < 4.78 is 4.91. The van der Waals surface area contributed by atoms with Crippen molar-refractivity contribution in [3.05, 3.63) is 206 Å². The molecule has 2 heterocycles. The van der Waals surface area contributed by atoms with E-state index < -0.39 is 8.07 Å². The monoisotopic (exact) mass is 666 g/mol. The highest BCUT2D eigenvalue weighted by Gasteiger charge is 2.41.